The van der Waals surface area contributed by atoms with Crippen LogP contribution in [-0.4, -0.2) is 17.5 Å². The molecule has 3 saturated carbocycles. The van der Waals surface area contributed by atoms with Gasteiger partial charge in [0.15, 0.2) is 5.78 Å². The predicted octanol–water partition coefficient (Wildman–Crippen LogP) is 5.46. The number of Topliss-reactive ketones (excluding diaryl/α,β-unsaturated/α-hetero) is 1. The summed E-state index contributed by atoms with van der Waals surface area (Å²) in [4.78, 5) is 13.1. The molecule has 2 nitrogen and oxygen atoms in total. The van der Waals surface area contributed by atoms with Crippen molar-refractivity contribution in [3.05, 3.63) is 11.6 Å². The highest BCUT2D eigenvalue weighted by Crippen LogP contribution is 2.67. The molecular weight excluding hydrogens is 308 g/mol. The van der Waals surface area contributed by atoms with Crippen LogP contribution in [0.3, 0.4) is 0 Å². The lowest BCUT2D eigenvalue weighted by Gasteiger charge is -2.55. The maximum Gasteiger partial charge on any atom is 0.167 e. The quantitative estimate of drug-likeness (QED) is 0.592. The molecule has 25 heavy (non-hydrogen) atoms. The Balaban J connectivity index is 1.46. The van der Waals surface area contributed by atoms with Crippen LogP contribution < -0.4 is 0 Å². The Kier molecular flexibility index (Phi) is 3.76. The van der Waals surface area contributed by atoms with Crippen molar-refractivity contribution in [2.45, 2.75) is 96.2 Å². The molecule has 0 aromatic heterocycles. The van der Waals surface area contributed by atoms with Crippen molar-refractivity contribution < 1.29 is 9.53 Å². The fourth-order valence-electron chi connectivity index (χ4n) is 7.94. The lowest BCUT2D eigenvalue weighted by Crippen LogP contribution is -2.55. The van der Waals surface area contributed by atoms with Gasteiger partial charge in [0.1, 0.15) is 5.60 Å². The molecule has 1 aliphatic heterocycles. The van der Waals surface area contributed by atoms with Crippen molar-refractivity contribution in [1.82, 2.24) is 0 Å². The van der Waals surface area contributed by atoms with E-state index in [1.165, 1.54) is 51.4 Å². The first-order valence-electron chi connectivity index (χ1n) is 11.0. The van der Waals surface area contributed by atoms with Gasteiger partial charge in [0.05, 0.1) is 6.10 Å². The van der Waals surface area contributed by atoms with Gasteiger partial charge in [0.25, 0.3) is 0 Å². The SMILES string of the molecule is CC[C@@H]1CC(=O)[C@@]2(CC[C@H]3[C@@H]4CCC5=CCCC[C@@H]5[C@H]4CC[C@@]32C)O1. The number of ketones is 1. The van der Waals surface area contributed by atoms with E-state index in [4.69, 9.17) is 4.74 Å². The third-order valence-electron chi connectivity index (χ3n) is 9.18. The third kappa shape index (κ3) is 2.10. The van der Waals surface area contributed by atoms with E-state index < -0.39 is 5.60 Å². The van der Waals surface area contributed by atoms with Crippen LogP contribution in [0.4, 0.5) is 0 Å². The molecule has 138 valence electrons. The summed E-state index contributed by atoms with van der Waals surface area (Å²) in [6.45, 7) is 4.60. The molecule has 1 heterocycles. The first-order valence-corrected chi connectivity index (χ1v) is 11.0. The van der Waals surface area contributed by atoms with Gasteiger partial charge in [-0.15, -0.1) is 0 Å². The Hall–Kier alpha value is -0.630. The first kappa shape index (κ1) is 16.5. The van der Waals surface area contributed by atoms with E-state index in [0.29, 0.717) is 18.1 Å². The minimum atomic E-state index is -0.425. The van der Waals surface area contributed by atoms with E-state index in [-0.39, 0.29) is 11.5 Å². The number of carbonyl (C=O) groups is 1. The Bertz CT molecular complexity index is 607. The molecule has 0 unspecified atom stereocenters. The van der Waals surface area contributed by atoms with Gasteiger partial charge < -0.3 is 4.74 Å². The van der Waals surface area contributed by atoms with Crippen LogP contribution in [0.15, 0.2) is 11.6 Å². The Morgan fingerprint density at radius 1 is 1.16 bits per heavy atom. The van der Waals surface area contributed by atoms with Crippen molar-refractivity contribution in [1.29, 1.82) is 0 Å². The highest BCUT2D eigenvalue weighted by atomic mass is 16.5. The molecular formula is C23H34O2. The minimum Gasteiger partial charge on any atom is -0.363 e. The molecule has 0 bridgehead atoms. The first-order chi connectivity index (χ1) is 12.1. The normalized spacial score (nSPS) is 51.8. The summed E-state index contributed by atoms with van der Waals surface area (Å²) < 4.78 is 6.57. The second kappa shape index (κ2) is 5.68. The minimum absolute atomic E-state index is 0.102. The molecule has 1 saturated heterocycles. The van der Waals surface area contributed by atoms with Crippen LogP contribution in [0, 0.1) is 29.1 Å². The molecule has 5 rings (SSSR count). The maximum absolute atomic E-state index is 13.1. The molecule has 0 aromatic carbocycles. The number of carbonyl (C=O) groups excluding carboxylic acids is 1. The number of fused-ring (bicyclic) bond motifs is 6. The van der Waals surface area contributed by atoms with Crippen molar-refractivity contribution in [2.75, 3.05) is 0 Å². The van der Waals surface area contributed by atoms with Crippen molar-refractivity contribution >= 4 is 5.78 Å². The van der Waals surface area contributed by atoms with Crippen LogP contribution in [0.1, 0.15) is 84.5 Å². The molecule has 2 heteroatoms. The van der Waals surface area contributed by atoms with Crippen molar-refractivity contribution in [3.8, 4) is 0 Å². The topological polar surface area (TPSA) is 26.3 Å². The average Bonchev–Trinajstić information content (AvgIpc) is 3.13. The Morgan fingerprint density at radius 2 is 2.04 bits per heavy atom. The van der Waals surface area contributed by atoms with Crippen LogP contribution in [-0.2, 0) is 9.53 Å². The number of ether oxygens (including phenoxy) is 1. The Morgan fingerprint density at radius 3 is 2.84 bits per heavy atom. The van der Waals surface area contributed by atoms with Gasteiger partial charge in [-0.05, 0) is 87.9 Å². The molecule has 0 aromatic rings. The zero-order chi connectivity index (χ0) is 17.2. The van der Waals surface area contributed by atoms with Crippen molar-refractivity contribution in [3.63, 3.8) is 0 Å². The second-order valence-electron chi connectivity index (χ2n) is 9.89. The molecule has 0 amide bonds. The van der Waals surface area contributed by atoms with Gasteiger partial charge in [0, 0.05) is 11.8 Å². The fourth-order valence-corrected chi connectivity index (χ4v) is 7.94. The van der Waals surface area contributed by atoms with Gasteiger partial charge >= 0.3 is 0 Å². The summed E-state index contributed by atoms with van der Waals surface area (Å²) in [6, 6.07) is 0. The average molecular weight is 343 g/mol. The van der Waals surface area contributed by atoms with Gasteiger partial charge in [-0.3, -0.25) is 4.79 Å². The van der Waals surface area contributed by atoms with E-state index in [2.05, 4.69) is 19.9 Å². The molecule has 0 N–H and O–H groups in total. The largest absolute Gasteiger partial charge is 0.363 e. The van der Waals surface area contributed by atoms with E-state index in [1.807, 2.05) is 0 Å². The lowest BCUT2D eigenvalue weighted by molar-refractivity contribution is -0.164. The molecule has 5 aliphatic rings. The van der Waals surface area contributed by atoms with Crippen molar-refractivity contribution in [2.24, 2.45) is 29.1 Å². The zero-order valence-electron chi connectivity index (χ0n) is 16.1. The summed E-state index contributed by atoms with van der Waals surface area (Å²) in [5.41, 5.74) is 1.47. The second-order valence-corrected chi connectivity index (χ2v) is 9.89. The molecule has 1 spiro atoms. The van der Waals surface area contributed by atoms with E-state index in [1.54, 1.807) is 5.57 Å². The smallest absolute Gasteiger partial charge is 0.167 e. The van der Waals surface area contributed by atoms with Gasteiger partial charge in [-0.25, -0.2) is 0 Å². The van der Waals surface area contributed by atoms with Crippen LogP contribution in [0.2, 0.25) is 0 Å². The summed E-state index contributed by atoms with van der Waals surface area (Å²) in [6.07, 6.45) is 16.0. The van der Waals surface area contributed by atoms with Crippen LogP contribution in [0.25, 0.3) is 0 Å². The number of hydrogen-bond donors (Lipinski definition) is 0. The Labute approximate surface area is 152 Å². The molecule has 4 aliphatic carbocycles. The number of rotatable bonds is 1. The zero-order valence-corrected chi connectivity index (χ0v) is 16.1. The maximum atomic E-state index is 13.1. The standard InChI is InChI=1S/C23H34O2/c1-3-16-14-21(24)23(25-16)13-11-20-19-9-8-15-6-4-5-7-17(15)18(19)10-12-22(20,23)2/h6,16-20H,3-5,7-14H2,1-2H3/t16-,17+,18-,19-,20+,22+,23-/m1/s1. The van der Waals surface area contributed by atoms with E-state index in [9.17, 15) is 4.79 Å². The monoisotopic (exact) mass is 342 g/mol. The van der Waals surface area contributed by atoms with E-state index in [0.717, 1.165) is 30.6 Å². The predicted molar refractivity (Wildman–Crippen MR) is 99.2 cm³/mol. The van der Waals surface area contributed by atoms with Gasteiger partial charge in [-0.1, -0.05) is 25.5 Å². The lowest BCUT2D eigenvalue weighted by atomic mass is 9.50. The third-order valence-corrected chi connectivity index (χ3v) is 9.18. The summed E-state index contributed by atoms with van der Waals surface area (Å²) in [5, 5.41) is 0. The number of allylic oxidation sites excluding steroid dienone is 2. The van der Waals surface area contributed by atoms with Crippen LogP contribution in [0.5, 0.6) is 0 Å². The highest BCUT2D eigenvalue weighted by molar-refractivity contribution is 5.91. The molecule has 7 atom stereocenters. The van der Waals surface area contributed by atoms with E-state index >= 15 is 0 Å². The molecule has 4 fully saturated rings. The fraction of sp³-hybridized carbons (Fsp3) is 0.870. The summed E-state index contributed by atoms with van der Waals surface area (Å²) in [5.74, 6) is 3.77. The van der Waals surface area contributed by atoms with Gasteiger partial charge in [0.2, 0.25) is 0 Å². The summed E-state index contributed by atoms with van der Waals surface area (Å²) in [7, 11) is 0. The summed E-state index contributed by atoms with van der Waals surface area (Å²) >= 11 is 0. The van der Waals surface area contributed by atoms with Gasteiger partial charge in [-0.2, -0.15) is 0 Å². The highest BCUT2D eigenvalue weighted by Gasteiger charge is 2.68. The number of hydrogen-bond acceptors (Lipinski definition) is 2. The molecule has 0 radical (unpaired) electrons. The van der Waals surface area contributed by atoms with Crippen LogP contribution >= 0.6 is 0 Å².